The third kappa shape index (κ3) is 1.32. The third-order valence-corrected chi connectivity index (χ3v) is 2.19. The molecule has 1 fully saturated rings. The monoisotopic (exact) mass is 165 g/mol. The van der Waals surface area contributed by atoms with E-state index in [1.54, 1.807) is 6.20 Å². The Kier molecular flexibility index (Phi) is 1.60. The first kappa shape index (κ1) is 7.34. The smallest absolute Gasteiger partial charge is 0.254 e. The summed E-state index contributed by atoms with van der Waals surface area (Å²) in [5, 5.41) is 9.22. The minimum atomic E-state index is -0.0295. The lowest BCUT2D eigenvalue weighted by Gasteiger charge is -1.99. The number of rotatable bonds is 2. The molecule has 0 aliphatic heterocycles. The number of aromatic nitrogens is 2. The van der Waals surface area contributed by atoms with Gasteiger partial charge in [-0.1, -0.05) is 6.92 Å². The van der Waals surface area contributed by atoms with Gasteiger partial charge in [0.15, 0.2) is 0 Å². The first-order valence-corrected chi connectivity index (χ1v) is 4.07. The molecular formula is C8H11N3O. The van der Waals surface area contributed by atoms with Crippen LogP contribution in [0.3, 0.4) is 0 Å². The summed E-state index contributed by atoms with van der Waals surface area (Å²) < 4.78 is 0. The van der Waals surface area contributed by atoms with E-state index in [2.05, 4.69) is 22.4 Å². The Morgan fingerprint density at radius 2 is 2.58 bits per heavy atom. The van der Waals surface area contributed by atoms with E-state index in [9.17, 15) is 4.79 Å². The van der Waals surface area contributed by atoms with Gasteiger partial charge in [-0.25, -0.2) is 0 Å². The Hall–Kier alpha value is -1.32. The lowest BCUT2D eigenvalue weighted by atomic mass is 10.3. The fourth-order valence-corrected chi connectivity index (χ4v) is 1.15. The van der Waals surface area contributed by atoms with Gasteiger partial charge in [0.25, 0.3) is 5.91 Å². The molecule has 0 radical (unpaired) electrons. The average Bonchev–Trinajstić information content (AvgIpc) is 2.58. The van der Waals surface area contributed by atoms with E-state index in [0.29, 0.717) is 17.5 Å². The van der Waals surface area contributed by atoms with Crippen LogP contribution in [0.15, 0.2) is 12.4 Å². The van der Waals surface area contributed by atoms with Crippen molar-refractivity contribution in [1.82, 2.24) is 15.5 Å². The lowest BCUT2D eigenvalue weighted by Crippen LogP contribution is -2.26. The second kappa shape index (κ2) is 2.62. The quantitative estimate of drug-likeness (QED) is 0.672. The van der Waals surface area contributed by atoms with Gasteiger partial charge in [0.05, 0.1) is 11.8 Å². The molecule has 12 heavy (non-hydrogen) atoms. The van der Waals surface area contributed by atoms with Gasteiger partial charge in [0.2, 0.25) is 0 Å². The maximum atomic E-state index is 11.3. The molecule has 1 aromatic heterocycles. The maximum Gasteiger partial charge on any atom is 0.254 e. The SMILES string of the molecule is CC1CC1NC(=O)c1cn[nH]c1. The van der Waals surface area contributed by atoms with Crippen molar-refractivity contribution in [2.24, 2.45) is 5.92 Å². The number of carbonyl (C=O) groups excluding carboxylic acids is 1. The van der Waals surface area contributed by atoms with Crippen LogP contribution in [-0.4, -0.2) is 22.1 Å². The van der Waals surface area contributed by atoms with E-state index >= 15 is 0 Å². The van der Waals surface area contributed by atoms with Crippen molar-refractivity contribution in [1.29, 1.82) is 0 Å². The summed E-state index contributed by atoms with van der Waals surface area (Å²) in [6.07, 6.45) is 4.23. The Labute approximate surface area is 70.4 Å². The summed E-state index contributed by atoms with van der Waals surface area (Å²) in [6.45, 7) is 2.13. The van der Waals surface area contributed by atoms with Crippen LogP contribution in [0.25, 0.3) is 0 Å². The molecule has 1 heterocycles. The van der Waals surface area contributed by atoms with Gasteiger partial charge in [-0.15, -0.1) is 0 Å². The summed E-state index contributed by atoms with van der Waals surface area (Å²) in [4.78, 5) is 11.3. The molecule has 1 aromatic rings. The predicted molar refractivity (Wildman–Crippen MR) is 43.6 cm³/mol. The van der Waals surface area contributed by atoms with E-state index in [-0.39, 0.29) is 5.91 Å². The van der Waals surface area contributed by atoms with E-state index in [1.807, 2.05) is 0 Å². The van der Waals surface area contributed by atoms with Crippen molar-refractivity contribution in [2.75, 3.05) is 0 Å². The summed E-state index contributed by atoms with van der Waals surface area (Å²) in [7, 11) is 0. The molecule has 0 aromatic carbocycles. The van der Waals surface area contributed by atoms with Crippen molar-refractivity contribution in [3.05, 3.63) is 18.0 Å². The van der Waals surface area contributed by atoms with Gasteiger partial charge < -0.3 is 5.32 Å². The molecule has 1 amide bonds. The zero-order chi connectivity index (χ0) is 8.55. The number of nitrogens with one attached hydrogen (secondary N) is 2. The zero-order valence-electron chi connectivity index (χ0n) is 6.87. The van der Waals surface area contributed by atoms with Crippen LogP contribution in [0.2, 0.25) is 0 Å². The molecule has 0 spiro atoms. The molecule has 2 N–H and O–H groups in total. The maximum absolute atomic E-state index is 11.3. The van der Waals surface area contributed by atoms with Crippen LogP contribution < -0.4 is 5.32 Å². The highest BCUT2D eigenvalue weighted by atomic mass is 16.1. The van der Waals surface area contributed by atoms with Gasteiger partial charge in [-0.05, 0) is 12.3 Å². The number of carbonyl (C=O) groups is 1. The number of H-pyrrole nitrogens is 1. The zero-order valence-corrected chi connectivity index (χ0v) is 6.87. The lowest BCUT2D eigenvalue weighted by molar-refractivity contribution is 0.0949. The molecule has 1 saturated carbocycles. The Morgan fingerprint density at radius 3 is 3.08 bits per heavy atom. The highest BCUT2D eigenvalue weighted by molar-refractivity contribution is 5.94. The number of hydrogen-bond donors (Lipinski definition) is 2. The second-order valence-corrected chi connectivity index (χ2v) is 3.28. The highest BCUT2D eigenvalue weighted by Crippen LogP contribution is 2.29. The first-order valence-electron chi connectivity index (χ1n) is 4.07. The van der Waals surface area contributed by atoms with E-state index in [4.69, 9.17) is 0 Å². The summed E-state index contributed by atoms with van der Waals surface area (Å²) in [5.41, 5.74) is 0.606. The minimum Gasteiger partial charge on any atom is -0.349 e. The predicted octanol–water partition coefficient (Wildman–Crippen LogP) is 0.548. The van der Waals surface area contributed by atoms with E-state index < -0.39 is 0 Å². The van der Waals surface area contributed by atoms with Crippen LogP contribution in [0.4, 0.5) is 0 Å². The summed E-state index contributed by atoms with van der Waals surface area (Å²) >= 11 is 0. The topological polar surface area (TPSA) is 57.8 Å². The molecule has 4 heteroatoms. The fraction of sp³-hybridized carbons (Fsp3) is 0.500. The van der Waals surface area contributed by atoms with Gasteiger partial charge in [0.1, 0.15) is 0 Å². The Morgan fingerprint density at radius 1 is 1.83 bits per heavy atom. The Bertz CT molecular complexity index is 281. The number of hydrogen-bond acceptors (Lipinski definition) is 2. The van der Waals surface area contributed by atoms with Gasteiger partial charge in [-0.3, -0.25) is 9.89 Å². The average molecular weight is 165 g/mol. The summed E-state index contributed by atoms with van der Waals surface area (Å²) in [6, 6.07) is 0.382. The largest absolute Gasteiger partial charge is 0.349 e. The van der Waals surface area contributed by atoms with E-state index in [1.165, 1.54) is 6.20 Å². The molecule has 2 unspecified atom stereocenters. The molecule has 4 nitrogen and oxygen atoms in total. The Balaban J connectivity index is 1.93. The normalized spacial score (nSPS) is 26.8. The third-order valence-electron chi connectivity index (χ3n) is 2.19. The molecule has 2 atom stereocenters. The van der Waals surface area contributed by atoms with Crippen molar-refractivity contribution >= 4 is 5.91 Å². The van der Waals surface area contributed by atoms with E-state index in [0.717, 1.165) is 6.42 Å². The van der Waals surface area contributed by atoms with Crippen molar-refractivity contribution < 1.29 is 4.79 Å². The standard InChI is InChI=1S/C8H11N3O/c1-5-2-7(5)11-8(12)6-3-9-10-4-6/h3-5,7H,2H2,1H3,(H,9,10)(H,11,12). The van der Waals surface area contributed by atoms with Crippen molar-refractivity contribution in [3.8, 4) is 0 Å². The molecule has 64 valence electrons. The minimum absolute atomic E-state index is 0.0295. The molecule has 0 bridgehead atoms. The molecule has 0 saturated heterocycles. The molecular weight excluding hydrogens is 154 g/mol. The molecule has 2 rings (SSSR count). The van der Waals surface area contributed by atoms with Crippen molar-refractivity contribution in [2.45, 2.75) is 19.4 Å². The van der Waals surface area contributed by atoms with Crippen LogP contribution in [-0.2, 0) is 0 Å². The second-order valence-electron chi connectivity index (χ2n) is 3.28. The van der Waals surface area contributed by atoms with Gasteiger partial charge >= 0.3 is 0 Å². The highest BCUT2D eigenvalue weighted by Gasteiger charge is 2.34. The number of nitrogens with zero attached hydrogens (tertiary/aromatic N) is 1. The van der Waals surface area contributed by atoms with Crippen LogP contribution >= 0.6 is 0 Å². The number of amides is 1. The molecule has 1 aliphatic carbocycles. The van der Waals surface area contributed by atoms with Crippen LogP contribution in [0.1, 0.15) is 23.7 Å². The van der Waals surface area contributed by atoms with Crippen molar-refractivity contribution in [3.63, 3.8) is 0 Å². The van der Waals surface area contributed by atoms with Gasteiger partial charge in [0, 0.05) is 12.2 Å². The first-order chi connectivity index (χ1) is 5.77. The van der Waals surface area contributed by atoms with Crippen LogP contribution in [0, 0.1) is 5.92 Å². The van der Waals surface area contributed by atoms with Gasteiger partial charge in [-0.2, -0.15) is 5.10 Å². The summed E-state index contributed by atoms with van der Waals surface area (Å²) in [5.74, 6) is 0.610. The number of aromatic amines is 1. The molecule has 1 aliphatic rings. The van der Waals surface area contributed by atoms with Crippen LogP contribution in [0.5, 0.6) is 0 Å². The fourth-order valence-electron chi connectivity index (χ4n) is 1.15.